The third kappa shape index (κ3) is 4.30. The second-order valence-electron chi connectivity index (χ2n) is 3.76. The maximum atomic E-state index is 10.7. The Balaban J connectivity index is 2.29. The Labute approximate surface area is 99.2 Å². The molecule has 0 spiro atoms. The van der Waals surface area contributed by atoms with E-state index in [4.69, 9.17) is 9.84 Å². The standard InChI is InChI=1S/C11H17NO3S/c1-8(7-15-2)5-12-6-9-3-4-10(16-9)11(13)14/h3-4,8,12H,5-7H2,1-2H3,(H,13,14). The number of methoxy groups -OCH3 is 1. The number of aromatic carboxylic acids is 1. The van der Waals surface area contributed by atoms with Gasteiger partial charge in [-0.2, -0.15) is 0 Å². The lowest BCUT2D eigenvalue weighted by molar-refractivity contribution is 0.0702. The Hall–Kier alpha value is -0.910. The molecule has 0 fully saturated rings. The fourth-order valence-electron chi connectivity index (χ4n) is 1.37. The van der Waals surface area contributed by atoms with Gasteiger partial charge in [-0.05, 0) is 18.1 Å². The predicted octanol–water partition coefficient (Wildman–Crippen LogP) is 1.82. The predicted molar refractivity (Wildman–Crippen MR) is 64.0 cm³/mol. The van der Waals surface area contributed by atoms with Gasteiger partial charge >= 0.3 is 5.97 Å². The minimum absolute atomic E-state index is 0.390. The summed E-state index contributed by atoms with van der Waals surface area (Å²) >= 11 is 1.31. The molecule has 0 aromatic carbocycles. The van der Waals surface area contributed by atoms with E-state index in [1.807, 2.05) is 6.07 Å². The van der Waals surface area contributed by atoms with Gasteiger partial charge in [0.2, 0.25) is 0 Å². The SMILES string of the molecule is COCC(C)CNCc1ccc(C(=O)O)s1. The van der Waals surface area contributed by atoms with Crippen LogP contribution in [0.3, 0.4) is 0 Å². The second kappa shape index (κ2) is 6.62. The zero-order valence-corrected chi connectivity index (χ0v) is 10.3. The fraction of sp³-hybridized carbons (Fsp3) is 0.545. The van der Waals surface area contributed by atoms with Crippen LogP contribution in [0, 0.1) is 5.92 Å². The average Bonchev–Trinajstić information content (AvgIpc) is 2.67. The highest BCUT2D eigenvalue weighted by Crippen LogP contribution is 2.15. The third-order valence-electron chi connectivity index (χ3n) is 2.12. The summed E-state index contributed by atoms with van der Waals surface area (Å²) in [5.74, 6) is -0.395. The van der Waals surface area contributed by atoms with Gasteiger partial charge in [-0.1, -0.05) is 6.92 Å². The van der Waals surface area contributed by atoms with Crippen molar-refractivity contribution in [3.63, 3.8) is 0 Å². The molecule has 5 heteroatoms. The number of ether oxygens (including phenoxy) is 1. The Bertz CT molecular complexity index is 338. The van der Waals surface area contributed by atoms with Crippen LogP contribution in [0.5, 0.6) is 0 Å². The van der Waals surface area contributed by atoms with Crippen molar-refractivity contribution in [1.29, 1.82) is 0 Å². The number of carbonyl (C=O) groups is 1. The maximum absolute atomic E-state index is 10.7. The molecule has 0 aliphatic heterocycles. The fourth-order valence-corrected chi connectivity index (χ4v) is 2.19. The van der Waals surface area contributed by atoms with Crippen molar-refractivity contribution in [2.75, 3.05) is 20.3 Å². The second-order valence-corrected chi connectivity index (χ2v) is 4.93. The smallest absolute Gasteiger partial charge is 0.345 e. The summed E-state index contributed by atoms with van der Waals surface area (Å²) in [7, 11) is 1.69. The average molecular weight is 243 g/mol. The van der Waals surface area contributed by atoms with Crippen molar-refractivity contribution in [3.8, 4) is 0 Å². The van der Waals surface area contributed by atoms with Gasteiger partial charge in [-0.3, -0.25) is 0 Å². The van der Waals surface area contributed by atoms with E-state index in [-0.39, 0.29) is 0 Å². The van der Waals surface area contributed by atoms with Gasteiger partial charge in [-0.15, -0.1) is 11.3 Å². The van der Waals surface area contributed by atoms with E-state index in [9.17, 15) is 4.79 Å². The number of nitrogens with one attached hydrogen (secondary N) is 1. The minimum atomic E-state index is -0.857. The molecule has 0 bridgehead atoms. The molecule has 0 saturated heterocycles. The first-order valence-corrected chi connectivity index (χ1v) is 5.96. The highest BCUT2D eigenvalue weighted by Gasteiger charge is 2.07. The summed E-state index contributed by atoms with van der Waals surface area (Å²) < 4.78 is 5.03. The Morgan fingerprint density at radius 1 is 1.62 bits per heavy atom. The van der Waals surface area contributed by atoms with Gasteiger partial charge in [0.1, 0.15) is 4.88 Å². The van der Waals surface area contributed by atoms with Crippen LogP contribution in [-0.2, 0) is 11.3 Å². The number of rotatable bonds is 7. The molecule has 90 valence electrons. The molecular formula is C11H17NO3S. The van der Waals surface area contributed by atoms with Gasteiger partial charge in [0.25, 0.3) is 0 Å². The molecule has 1 rings (SSSR count). The molecule has 1 unspecified atom stereocenters. The third-order valence-corrected chi connectivity index (χ3v) is 3.19. The lowest BCUT2D eigenvalue weighted by Gasteiger charge is -2.10. The van der Waals surface area contributed by atoms with Gasteiger partial charge < -0.3 is 15.2 Å². The first-order chi connectivity index (χ1) is 7.63. The summed E-state index contributed by atoms with van der Waals surface area (Å²) in [4.78, 5) is 12.1. The van der Waals surface area contributed by atoms with Crippen molar-refractivity contribution >= 4 is 17.3 Å². The molecule has 4 nitrogen and oxygen atoms in total. The summed E-state index contributed by atoms with van der Waals surface area (Å²) in [5.41, 5.74) is 0. The summed E-state index contributed by atoms with van der Waals surface area (Å²) in [6, 6.07) is 3.49. The molecule has 1 aromatic heterocycles. The van der Waals surface area contributed by atoms with E-state index in [0.29, 0.717) is 17.3 Å². The first kappa shape index (κ1) is 13.2. The van der Waals surface area contributed by atoms with Gasteiger partial charge in [0.05, 0.1) is 0 Å². The molecule has 16 heavy (non-hydrogen) atoms. The number of thiophene rings is 1. The van der Waals surface area contributed by atoms with Crippen LogP contribution < -0.4 is 5.32 Å². The van der Waals surface area contributed by atoms with Crippen LogP contribution in [0.2, 0.25) is 0 Å². The highest BCUT2D eigenvalue weighted by atomic mass is 32.1. The Morgan fingerprint density at radius 2 is 2.38 bits per heavy atom. The molecule has 0 aliphatic carbocycles. The van der Waals surface area contributed by atoms with Crippen LogP contribution in [0.4, 0.5) is 0 Å². The normalized spacial score (nSPS) is 12.6. The molecule has 0 saturated carbocycles. The molecule has 1 atom stereocenters. The number of hydrogen-bond acceptors (Lipinski definition) is 4. The van der Waals surface area contributed by atoms with Crippen molar-refractivity contribution < 1.29 is 14.6 Å². The van der Waals surface area contributed by atoms with Gasteiger partial charge in [-0.25, -0.2) is 4.79 Å². The number of carboxylic acids is 1. The maximum Gasteiger partial charge on any atom is 0.345 e. The molecule has 1 aromatic rings. The van der Waals surface area contributed by atoms with E-state index in [1.165, 1.54) is 11.3 Å². The summed E-state index contributed by atoms with van der Waals surface area (Å²) in [6.45, 7) is 4.42. The largest absolute Gasteiger partial charge is 0.477 e. The lowest BCUT2D eigenvalue weighted by atomic mass is 10.2. The van der Waals surface area contributed by atoms with Crippen molar-refractivity contribution in [1.82, 2.24) is 5.32 Å². The van der Waals surface area contributed by atoms with Crippen molar-refractivity contribution in [3.05, 3.63) is 21.9 Å². The Morgan fingerprint density at radius 3 is 2.94 bits per heavy atom. The van der Waals surface area contributed by atoms with Crippen molar-refractivity contribution in [2.24, 2.45) is 5.92 Å². The van der Waals surface area contributed by atoms with Crippen molar-refractivity contribution in [2.45, 2.75) is 13.5 Å². The monoisotopic (exact) mass is 243 g/mol. The molecular weight excluding hydrogens is 226 g/mol. The quantitative estimate of drug-likeness (QED) is 0.767. The van der Waals surface area contributed by atoms with Crippen LogP contribution in [-0.4, -0.2) is 31.3 Å². The molecule has 1 heterocycles. The van der Waals surface area contributed by atoms with Gasteiger partial charge in [0.15, 0.2) is 0 Å². The molecule has 0 radical (unpaired) electrons. The highest BCUT2D eigenvalue weighted by molar-refractivity contribution is 7.13. The van der Waals surface area contributed by atoms with E-state index in [1.54, 1.807) is 13.2 Å². The van der Waals surface area contributed by atoms with Crippen LogP contribution in [0.15, 0.2) is 12.1 Å². The first-order valence-electron chi connectivity index (χ1n) is 5.15. The topological polar surface area (TPSA) is 58.6 Å². The minimum Gasteiger partial charge on any atom is -0.477 e. The van der Waals surface area contributed by atoms with E-state index >= 15 is 0 Å². The van der Waals surface area contributed by atoms with E-state index in [0.717, 1.165) is 18.0 Å². The summed E-state index contributed by atoms with van der Waals surface area (Å²) in [5, 5.41) is 12.0. The lowest BCUT2D eigenvalue weighted by Crippen LogP contribution is -2.22. The van der Waals surface area contributed by atoms with Gasteiger partial charge in [0, 0.05) is 31.7 Å². The summed E-state index contributed by atoms with van der Waals surface area (Å²) in [6.07, 6.45) is 0. The van der Waals surface area contributed by atoms with E-state index in [2.05, 4.69) is 12.2 Å². The molecule has 0 aliphatic rings. The zero-order chi connectivity index (χ0) is 12.0. The molecule has 2 N–H and O–H groups in total. The molecule has 0 amide bonds. The number of hydrogen-bond donors (Lipinski definition) is 2. The zero-order valence-electron chi connectivity index (χ0n) is 9.53. The Kier molecular flexibility index (Phi) is 5.45. The van der Waals surface area contributed by atoms with Crippen LogP contribution in [0.1, 0.15) is 21.5 Å². The van der Waals surface area contributed by atoms with Crippen LogP contribution >= 0.6 is 11.3 Å². The van der Waals surface area contributed by atoms with E-state index < -0.39 is 5.97 Å². The van der Waals surface area contributed by atoms with Crippen LogP contribution in [0.25, 0.3) is 0 Å². The number of carboxylic acid groups (broad SMARTS) is 1.